The number of rotatable bonds is 3. The molecule has 0 radical (unpaired) electrons. The van der Waals surface area contributed by atoms with Crippen molar-refractivity contribution >= 4 is 5.95 Å². The van der Waals surface area contributed by atoms with E-state index in [1.165, 1.54) is 0 Å². The van der Waals surface area contributed by atoms with Crippen LogP contribution in [0.2, 0.25) is 0 Å². The number of aromatic nitrogens is 3. The molecule has 3 heterocycles. The minimum absolute atomic E-state index is 0.109. The molecule has 1 aliphatic heterocycles. The Bertz CT molecular complexity index is 1090. The van der Waals surface area contributed by atoms with Gasteiger partial charge >= 0.3 is 0 Å². The van der Waals surface area contributed by atoms with Crippen LogP contribution in [0.25, 0.3) is 11.3 Å². The minimum atomic E-state index is -0.160. The monoisotopic (exact) mass is 387 g/mol. The fourth-order valence-electron chi connectivity index (χ4n) is 3.46. The molecule has 1 saturated heterocycles. The van der Waals surface area contributed by atoms with E-state index in [2.05, 4.69) is 16.0 Å². The first-order chi connectivity index (χ1) is 14.2. The SMILES string of the molecule is Cn1c(N2CCCO[C@@H](c3ccc(C#N)cc3)C2)nc(-c2ccncc2)cc1=O. The van der Waals surface area contributed by atoms with Gasteiger partial charge in [0.1, 0.15) is 6.10 Å². The standard InChI is InChI=1S/C22H21N5O2/c1-26-21(28)13-19(17-7-9-24-10-8-17)25-22(26)27-11-2-12-29-20(15-27)18-5-3-16(14-23)4-6-18/h3-10,13,20H,2,11-12,15H2,1H3/t20-/m1/s1. The number of pyridine rings is 1. The number of hydrogen-bond acceptors (Lipinski definition) is 6. The maximum absolute atomic E-state index is 12.6. The lowest BCUT2D eigenvalue weighted by atomic mass is 10.1. The maximum Gasteiger partial charge on any atom is 0.255 e. The molecule has 1 aliphatic rings. The normalized spacial score (nSPS) is 16.8. The van der Waals surface area contributed by atoms with E-state index in [0.717, 1.165) is 24.1 Å². The van der Waals surface area contributed by atoms with Crippen molar-refractivity contribution in [2.45, 2.75) is 12.5 Å². The lowest BCUT2D eigenvalue weighted by molar-refractivity contribution is 0.0685. The summed E-state index contributed by atoms with van der Waals surface area (Å²) in [7, 11) is 1.74. The molecule has 0 aliphatic carbocycles. The topological polar surface area (TPSA) is 84.0 Å². The largest absolute Gasteiger partial charge is 0.372 e. The zero-order valence-corrected chi connectivity index (χ0v) is 16.2. The van der Waals surface area contributed by atoms with Crippen LogP contribution in [0, 0.1) is 11.3 Å². The molecule has 1 fully saturated rings. The highest BCUT2D eigenvalue weighted by Crippen LogP contribution is 2.26. The van der Waals surface area contributed by atoms with E-state index in [4.69, 9.17) is 15.0 Å². The molecule has 3 aromatic rings. The van der Waals surface area contributed by atoms with E-state index in [0.29, 0.717) is 30.4 Å². The number of ether oxygens (including phenoxy) is 1. The van der Waals surface area contributed by atoms with Crippen LogP contribution in [-0.4, -0.2) is 34.2 Å². The Morgan fingerprint density at radius 3 is 2.66 bits per heavy atom. The number of anilines is 1. The van der Waals surface area contributed by atoms with Crippen LogP contribution >= 0.6 is 0 Å². The fraction of sp³-hybridized carbons (Fsp3) is 0.273. The van der Waals surface area contributed by atoms with Crippen LogP contribution < -0.4 is 10.5 Å². The van der Waals surface area contributed by atoms with Gasteiger partial charge in [0.15, 0.2) is 0 Å². The van der Waals surface area contributed by atoms with Gasteiger partial charge in [0.25, 0.3) is 5.56 Å². The van der Waals surface area contributed by atoms with Gasteiger partial charge < -0.3 is 9.64 Å². The Hall–Kier alpha value is -3.50. The van der Waals surface area contributed by atoms with Crippen LogP contribution in [0.4, 0.5) is 5.95 Å². The van der Waals surface area contributed by atoms with Crippen molar-refractivity contribution in [3.05, 3.63) is 76.3 Å². The first-order valence-corrected chi connectivity index (χ1v) is 9.51. The third kappa shape index (κ3) is 4.03. The van der Waals surface area contributed by atoms with Crippen molar-refractivity contribution in [1.82, 2.24) is 14.5 Å². The molecule has 4 rings (SSSR count). The van der Waals surface area contributed by atoms with E-state index in [9.17, 15) is 4.79 Å². The van der Waals surface area contributed by atoms with Crippen molar-refractivity contribution in [2.75, 3.05) is 24.6 Å². The van der Waals surface area contributed by atoms with Gasteiger partial charge in [-0.25, -0.2) is 4.98 Å². The summed E-state index contributed by atoms with van der Waals surface area (Å²) in [5.74, 6) is 0.619. The average molecular weight is 387 g/mol. The highest BCUT2D eigenvalue weighted by molar-refractivity contribution is 5.59. The second-order valence-electron chi connectivity index (χ2n) is 6.97. The highest BCUT2D eigenvalue weighted by atomic mass is 16.5. The second-order valence-corrected chi connectivity index (χ2v) is 6.97. The van der Waals surface area contributed by atoms with Gasteiger partial charge in [-0.3, -0.25) is 14.3 Å². The molecule has 1 atom stereocenters. The molecule has 0 saturated carbocycles. The first-order valence-electron chi connectivity index (χ1n) is 9.51. The Labute approximate surface area is 168 Å². The Morgan fingerprint density at radius 1 is 1.17 bits per heavy atom. The van der Waals surface area contributed by atoms with E-state index >= 15 is 0 Å². The summed E-state index contributed by atoms with van der Waals surface area (Å²) in [5, 5.41) is 9.02. The average Bonchev–Trinajstić information content (AvgIpc) is 3.02. The van der Waals surface area contributed by atoms with Crippen molar-refractivity contribution in [2.24, 2.45) is 7.05 Å². The molecule has 1 aromatic carbocycles. The van der Waals surface area contributed by atoms with E-state index in [1.54, 1.807) is 42.2 Å². The van der Waals surface area contributed by atoms with Gasteiger partial charge in [-0.1, -0.05) is 12.1 Å². The smallest absolute Gasteiger partial charge is 0.255 e. The molecule has 0 spiro atoms. The van der Waals surface area contributed by atoms with Crippen LogP contribution in [-0.2, 0) is 11.8 Å². The third-order valence-corrected chi connectivity index (χ3v) is 5.06. The second kappa shape index (κ2) is 8.25. The molecule has 0 bridgehead atoms. The zero-order valence-electron chi connectivity index (χ0n) is 16.2. The first kappa shape index (κ1) is 18.8. The molecule has 146 valence electrons. The predicted octanol–water partition coefficient (Wildman–Crippen LogP) is 2.68. The summed E-state index contributed by atoms with van der Waals surface area (Å²) in [6.07, 6.45) is 4.05. The molecule has 0 unspecified atom stereocenters. The molecule has 2 aromatic heterocycles. The van der Waals surface area contributed by atoms with Gasteiger partial charge in [0, 0.05) is 44.2 Å². The van der Waals surface area contributed by atoms with Crippen LogP contribution in [0.1, 0.15) is 23.7 Å². The summed E-state index contributed by atoms with van der Waals surface area (Å²) in [4.78, 5) is 23.5. The summed E-state index contributed by atoms with van der Waals surface area (Å²) in [6, 6.07) is 14.8. The van der Waals surface area contributed by atoms with Crippen molar-refractivity contribution in [3.8, 4) is 17.3 Å². The summed E-state index contributed by atoms with van der Waals surface area (Å²) >= 11 is 0. The lowest BCUT2D eigenvalue weighted by Gasteiger charge is -2.26. The van der Waals surface area contributed by atoms with Crippen LogP contribution in [0.3, 0.4) is 0 Å². The number of nitrogens with zero attached hydrogens (tertiary/aromatic N) is 5. The Morgan fingerprint density at radius 2 is 1.93 bits per heavy atom. The number of hydrogen-bond donors (Lipinski definition) is 0. The van der Waals surface area contributed by atoms with E-state index < -0.39 is 0 Å². The van der Waals surface area contributed by atoms with Gasteiger partial charge in [0.2, 0.25) is 5.95 Å². The molecule has 7 heteroatoms. The van der Waals surface area contributed by atoms with Crippen molar-refractivity contribution < 1.29 is 4.74 Å². The highest BCUT2D eigenvalue weighted by Gasteiger charge is 2.23. The Kier molecular flexibility index (Phi) is 5.36. The van der Waals surface area contributed by atoms with Crippen LogP contribution in [0.5, 0.6) is 0 Å². The predicted molar refractivity (Wildman–Crippen MR) is 109 cm³/mol. The molecule has 29 heavy (non-hydrogen) atoms. The quantitative estimate of drug-likeness (QED) is 0.687. The molecule has 0 N–H and O–H groups in total. The minimum Gasteiger partial charge on any atom is -0.372 e. The van der Waals surface area contributed by atoms with Gasteiger partial charge in [-0.2, -0.15) is 5.26 Å². The molecule has 7 nitrogen and oxygen atoms in total. The van der Waals surface area contributed by atoms with Crippen molar-refractivity contribution in [3.63, 3.8) is 0 Å². The molecular weight excluding hydrogens is 366 g/mol. The zero-order chi connectivity index (χ0) is 20.2. The maximum atomic E-state index is 12.6. The fourth-order valence-corrected chi connectivity index (χ4v) is 3.46. The summed E-state index contributed by atoms with van der Waals surface area (Å²) in [5.41, 5.74) is 3.00. The summed E-state index contributed by atoms with van der Waals surface area (Å²) < 4.78 is 7.63. The van der Waals surface area contributed by atoms with Gasteiger partial charge in [-0.05, 0) is 36.2 Å². The summed E-state index contributed by atoms with van der Waals surface area (Å²) in [6.45, 7) is 1.94. The Balaban J connectivity index is 1.68. The molecule has 0 amide bonds. The number of benzene rings is 1. The van der Waals surface area contributed by atoms with Crippen LogP contribution in [0.15, 0.2) is 59.7 Å². The van der Waals surface area contributed by atoms with Gasteiger partial charge in [0.05, 0.1) is 23.9 Å². The lowest BCUT2D eigenvalue weighted by Crippen LogP contribution is -2.34. The van der Waals surface area contributed by atoms with Crippen molar-refractivity contribution in [1.29, 1.82) is 5.26 Å². The van der Waals surface area contributed by atoms with Gasteiger partial charge in [-0.15, -0.1) is 0 Å². The third-order valence-electron chi connectivity index (χ3n) is 5.06. The number of nitriles is 1. The van der Waals surface area contributed by atoms with E-state index in [-0.39, 0.29) is 11.7 Å². The van der Waals surface area contributed by atoms with E-state index in [1.807, 2.05) is 24.3 Å². The molecular formula is C22H21N5O2.